The maximum Gasteiger partial charge on any atom is 0.254 e. The third-order valence-corrected chi connectivity index (χ3v) is 6.41. The molecule has 0 spiro atoms. The summed E-state index contributed by atoms with van der Waals surface area (Å²) in [4.78, 5) is 41.2. The van der Waals surface area contributed by atoms with Crippen LogP contribution in [0.25, 0.3) is 10.9 Å². The summed E-state index contributed by atoms with van der Waals surface area (Å²) >= 11 is 0. The van der Waals surface area contributed by atoms with Gasteiger partial charge in [0.15, 0.2) is 0 Å². The van der Waals surface area contributed by atoms with E-state index in [0.717, 1.165) is 22.0 Å². The van der Waals surface area contributed by atoms with Gasteiger partial charge in [-0.2, -0.15) is 0 Å². The van der Waals surface area contributed by atoms with Crippen LogP contribution in [0.1, 0.15) is 40.2 Å². The van der Waals surface area contributed by atoms with Gasteiger partial charge < -0.3 is 20.9 Å². The van der Waals surface area contributed by atoms with E-state index in [2.05, 4.69) is 39.1 Å². The molecule has 176 valence electrons. The number of hydrogen-bond donors (Lipinski definition) is 4. The molecule has 1 aliphatic rings. The van der Waals surface area contributed by atoms with Crippen molar-refractivity contribution in [3.05, 3.63) is 102 Å². The lowest BCUT2D eigenvalue weighted by atomic mass is 9.91. The summed E-state index contributed by atoms with van der Waals surface area (Å²) in [5.74, 6) is -0.855. The van der Waals surface area contributed by atoms with Crippen molar-refractivity contribution in [2.45, 2.75) is 24.8 Å². The molecule has 0 bridgehead atoms. The number of carbonyl (C=O) groups excluding carboxylic acids is 3. The number of nitrogens with one attached hydrogen (secondary N) is 4. The van der Waals surface area contributed by atoms with Crippen molar-refractivity contribution in [3.63, 3.8) is 0 Å². The van der Waals surface area contributed by atoms with Gasteiger partial charge >= 0.3 is 0 Å². The number of H-pyrrole nitrogens is 1. The van der Waals surface area contributed by atoms with Gasteiger partial charge in [0.05, 0.1) is 11.3 Å². The molecule has 0 saturated carbocycles. The minimum atomic E-state index is -0.779. The van der Waals surface area contributed by atoms with E-state index in [9.17, 15) is 14.4 Å². The van der Waals surface area contributed by atoms with Crippen LogP contribution in [0.4, 0.5) is 5.69 Å². The molecule has 1 aromatic heterocycles. The summed E-state index contributed by atoms with van der Waals surface area (Å²) < 4.78 is 0. The number of rotatable bonds is 7. The van der Waals surface area contributed by atoms with Gasteiger partial charge in [-0.25, -0.2) is 0 Å². The summed E-state index contributed by atoms with van der Waals surface area (Å²) in [6, 6.07) is 24.2. The maximum atomic E-state index is 12.8. The van der Waals surface area contributed by atoms with E-state index in [-0.39, 0.29) is 36.5 Å². The fraction of sp³-hybridized carbons (Fsp3) is 0.179. The van der Waals surface area contributed by atoms with Gasteiger partial charge in [-0.3, -0.25) is 14.4 Å². The predicted octanol–water partition coefficient (Wildman–Crippen LogP) is 3.95. The third kappa shape index (κ3) is 4.80. The molecule has 0 aliphatic carbocycles. The lowest BCUT2D eigenvalue weighted by Gasteiger charge is -2.19. The Morgan fingerprint density at radius 1 is 0.914 bits per heavy atom. The Labute approximate surface area is 202 Å². The van der Waals surface area contributed by atoms with Gasteiger partial charge in [0.2, 0.25) is 11.8 Å². The maximum absolute atomic E-state index is 12.8. The van der Waals surface area contributed by atoms with E-state index in [0.29, 0.717) is 17.8 Å². The zero-order chi connectivity index (χ0) is 24.2. The van der Waals surface area contributed by atoms with Crippen molar-refractivity contribution in [1.29, 1.82) is 0 Å². The second-order valence-corrected chi connectivity index (χ2v) is 8.66. The topological polar surface area (TPSA) is 103 Å². The highest BCUT2D eigenvalue weighted by atomic mass is 16.2. The Morgan fingerprint density at radius 3 is 2.51 bits per heavy atom. The molecular formula is C28H26N4O3. The Hall–Kier alpha value is -4.39. The van der Waals surface area contributed by atoms with Crippen LogP contribution in [-0.4, -0.2) is 35.3 Å². The number of benzene rings is 3. The molecule has 0 unspecified atom stereocenters. The average molecular weight is 467 g/mol. The summed E-state index contributed by atoms with van der Waals surface area (Å²) in [5.41, 5.74) is 4.15. The van der Waals surface area contributed by atoms with Crippen LogP contribution in [0.2, 0.25) is 0 Å². The molecule has 0 fully saturated rings. The van der Waals surface area contributed by atoms with E-state index in [1.54, 1.807) is 24.3 Å². The van der Waals surface area contributed by atoms with Crippen molar-refractivity contribution in [1.82, 2.24) is 15.6 Å². The molecule has 0 radical (unpaired) electrons. The molecule has 7 nitrogen and oxygen atoms in total. The van der Waals surface area contributed by atoms with Gasteiger partial charge in [-0.1, -0.05) is 60.7 Å². The number of amides is 3. The van der Waals surface area contributed by atoms with Crippen molar-refractivity contribution < 1.29 is 14.4 Å². The second-order valence-electron chi connectivity index (χ2n) is 8.66. The molecule has 4 N–H and O–H groups in total. The molecule has 3 amide bonds. The summed E-state index contributed by atoms with van der Waals surface area (Å²) in [5, 5.41) is 9.67. The molecule has 1 aliphatic heterocycles. The van der Waals surface area contributed by atoms with Gasteiger partial charge in [0.25, 0.3) is 5.91 Å². The van der Waals surface area contributed by atoms with Crippen LogP contribution in [-0.2, 0) is 9.59 Å². The lowest BCUT2D eigenvalue weighted by molar-refractivity contribution is -0.121. The van der Waals surface area contributed by atoms with E-state index < -0.39 is 6.04 Å². The number of anilines is 1. The first kappa shape index (κ1) is 22.4. The molecule has 0 saturated heterocycles. The van der Waals surface area contributed by atoms with E-state index >= 15 is 0 Å². The Kier molecular flexibility index (Phi) is 6.30. The van der Waals surface area contributed by atoms with Gasteiger partial charge in [-0.05, 0) is 35.7 Å². The van der Waals surface area contributed by atoms with E-state index in [4.69, 9.17) is 0 Å². The van der Waals surface area contributed by atoms with Crippen LogP contribution in [0.5, 0.6) is 0 Å². The van der Waals surface area contributed by atoms with Crippen molar-refractivity contribution >= 4 is 34.3 Å². The number of para-hydroxylation sites is 2. The summed E-state index contributed by atoms with van der Waals surface area (Å²) in [6.07, 6.45) is 2.32. The Bertz CT molecular complexity index is 1380. The number of fused-ring (bicyclic) bond motifs is 2. The van der Waals surface area contributed by atoms with Crippen LogP contribution < -0.4 is 16.0 Å². The number of carbonyl (C=O) groups is 3. The molecule has 2 heterocycles. The van der Waals surface area contributed by atoms with Gasteiger partial charge in [0.1, 0.15) is 6.04 Å². The number of hydrogen-bond acceptors (Lipinski definition) is 3. The van der Waals surface area contributed by atoms with Gasteiger partial charge in [-0.15, -0.1) is 0 Å². The number of aromatic nitrogens is 1. The van der Waals surface area contributed by atoms with Crippen LogP contribution in [0.3, 0.4) is 0 Å². The normalized spacial score (nSPS) is 16.1. The van der Waals surface area contributed by atoms with Crippen molar-refractivity contribution in [2.24, 2.45) is 0 Å². The first-order chi connectivity index (χ1) is 17.1. The SMILES string of the molecule is O=C(CC[C@@H]1NC(=O)c2ccccc2NC1=O)NC[C@H](c1ccccc1)c1c[nH]c2ccccc12. The smallest absolute Gasteiger partial charge is 0.254 e. The quantitative estimate of drug-likeness (QED) is 0.332. The predicted molar refractivity (Wildman–Crippen MR) is 135 cm³/mol. The monoisotopic (exact) mass is 466 g/mol. The first-order valence-corrected chi connectivity index (χ1v) is 11.7. The van der Waals surface area contributed by atoms with Gasteiger partial charge in [0, 0.05) is 36.0 Å². The Balaban J connectivity index is 1.25. The van der Waals surface area contributed by atoms with Crippen molar-refractivity contribution in [2.75, 3.05) is 11.9 Å². The molecule has 3 aromatic carbocycles. The zero-order valence-corrected chi connectivity index (χ0v) is 19.1. The van der Waals surface area contributed by atoms with Crippen LogP contribution in [0, 0.1) is 0 Å². The van der Waals surface area contributed by atoms with Crippen LogP contribution >= 0.6 is 0 Å². The highest BCUT2D eigenvalue weighted by Gasteiger charge is 2.28. The average Bonchev–Trinajstić information content (AvgIpc) is 3.26. The minimum Gasteiger partial charge on any atom is -0.361 e. The molecular weight excluding hydrogens is 440 g/mol. The fourth-order valence-electron chi connectivity index (χ4n) is 4.57. The highest BCUT2D eigenvalue weighted by Crippen LogP contribution is 2.30. The van der Waals surface area contributed by atoms with E-state index in [1.165, 1.54) is 0 Å². The molecule has 2 atom stereocenters. The molecule has 7 heteroatoms. The standard InChI is InChI=1S/C28H26N4O3/c33-26(15-14-25-28(35)31-24-13-7-5-11-20(24)27(34)32-25)30-16-21(18-8-2-1-3-9-18)22-17-29-23-12-6-4-10-19(22)23/h1-13,17,21,25,29H,14-16H2,(H,30,33)(H,31,35)(H,32,34)/t21-,25+/m1/s1. The summed E-state index contributed by atoms with van der Waals surface area (Å²) in [7, 11) is 0. The van der Waals surface area contributed by atoms with Crippen molar-refractivity contribution in [3.8, 4) is 0 Å². The van der Waals surface area contributed by atoms with Crippen LogP contribution in [0.15, 0.2) is 85.1 Å². The Morgan fingerprint density at radius 2 is 1.66 bits per heavy atom. The zero-order valence-electron chi connectivity index (χ0n) is 19.1. The van der Waals surface area contributed by atoms with E-state index in [1.807, 2.05) is 42.6 Å². The second kappa shape index (κ2) is 9.85. The largest absolute Gasteiger partial charge is 0.361 e. The lowest BCUT2D eigenvalue weighted by Crippen LogP contribution is -2.42. The highest BCUT2D eigenvalue weighted by molar-refractivity contribution is 6.09. The number of aromatic amines is 1. The molecule has 35 heavy (non-hydrogen) atoms. The molecule has 5 rings (SSSR count). The minimum absolute atomic E-state index is 0.0355. The summed E-state index contributed by atoms with van der Waals surface area (Å²) in [6.45, 7) is 0.416. The molecule has 4 aromatic rings. The third-order valence-electron chi connectivity index (χ3n) is 6.41. The first-order valence-electron chi connectivity index (χ1n) is 11.7. The fourth-order valence-corrected chi connectivity index (χ4v) is 4.57.